The summed E-state index contributed by atoms with van der Waals surface area (Å²) in [5, 5.41) is 0.888. The number of hydrogen-bond acceptors (Lipinski definition) is 5. The van der Waals surface area contributed by atoms with E-state index < -0.39 is 5.97 Å². The van der Waals surface area contributed by atoms with Crippen molar-refractivity contribution < 1.29 is 18.7 Å². The predicted molar refractivity (Wildman–Crippen MR) is 120 cm³/mol. The minimum absolute atomic E-state index is 0.0669. The van der Waals surface area contributed by atoms with Crippen molar-refractivity contribution in [3.05, 3.63) is 98.3 Å². The van der Waals surface area contributed by atoms with Crippen LogP contribution in [0.2, 0.25) is 10.0 Å². The van der Waals surface area contributed by atoms with Crippen LogP contribution < -0.4 is 14.9 Å². The molecule has 0 atom stereocenters. The van der Waals surface area contributed by atoms with E-state index in [4.69, 9.17) is 37.1 Å². The third kappa shape index (κ3) is 4.58. The molecular weight excluding hydrogens is 439 g/mol. The van der Waals surface area contributed by atoms with E-state index >= 15 is 0 Å². The average molecular weight is 455 g/mol. The lowest BCUT2D eigenvalue weighted by atomic mass is 10.2. The van der Waals surface area contributed by atoms with Crippen LogP contribution in [0, 0.1) is 0 Å². The van der Waals surface area contributed by atoms with E-state index in [2.05, 4.69) is 6.92 Å². The molecule has 0 spiro atoms. The number of fused-ring (bicyclic) bond motifs is 1. The number of hydrogen-bond donors (Lipinski definition) is 0. The summed E-state index contributed by atoms with van der Waals surface area (Å²) >= 11 is 11.8. The van der Waals surface area contributed by atoms with Crippen LogP contribution in [0.3, 0.4) is 0 Å². The number of rotatable bonds is 5. The van der Waals surface area contributed by atoms with Gasteiger partial charge in [0, 0.05) is 6.07 Å². The lowest BCUT2D eigenvalue weighted by Gasteiger charge is -2.08. The predicted octanol–water partition coefficient (Wildman–Crippen LogP) is 6.67. The Hall–Kier alpha value is -3.28. The number of benzene rings is 3. The highest BCUT2D eigenvalue weighted by molar-refractivity contribution is 6.42. The first kappa shape index (κ1) is 21.0. The molecule has 0 bridgehead atoms. The van der Waals surface area contributed by atoms with Crippen molar-refractivity contribution in [2.75, 3.05) is 0 Å². The molecule has 7 heteroatoms. The first-order valence-electron chi connectivity index (χ1n) is 9.44. The fourth-order valence-electron chi connectivity index (χ4n) is 2.93. The number of esters is 1. The van der Waals surface area contributed by atoms with Crippen molar-refractivity contribution in [2.45, 2.75) is 13.3 Å². The molecule has 0 saturated heterocycles. The zero-order valence-corrected chi connectivity index (χ0v) is 17.9. The van der Waals surface area contributed by atoms with Crippen LogP contribution in [-0.2, 0) is 6.42 Å². The maximum atomic E-state index is 12.8. The average Bonchev–Trinajstić information content (AvgIpc) is 2.78. The van der Waals surface area contributed by atoms with Gasteiger partial charge >= 0.3 is 5.97 Å². The van der Waals surface area contributed by atoms with E-state index in [0.29, 0.717) is 16.2 Å². The van der Waals surface area contributed by atoms with Gasteiger partial charge in [-0.2, -0.15) is 0 Å². The third-order valence-electron chi connectivity index (χ3n) is 4.64. The van der Waals surface area contributed by atoms with E-state index in [1.807, 2.05) is 12.1 Å². The van der Waals surface area contributed by atoms with Crippen molar-refractivity contribution in [3.63, 3.8) is 0 Å². The Balaban J connectivity index is 1.56. The Morgan fingerprint density at radius 3 is 2.39 bits per heavy atom. The Bertz CT molecular complexity index is 1330. The number of aryl methyl sites for hydroxylation is 1. The molecule has 0 aliphatic carbocycles. The van der Waals surface area contributed by atoms with Crippen LogP contribution in [0.4, 0.5) is 0 Å². The molecule has 4 rings (SSSR count). The molecule has 0 unspecified atom stereocenters. The fourth-order valence-corrected chi connectivity index (χ4v) is 3.23. The van der Waals surface area contributed by atoms with Gasteiger partial charge in [-0.3, -0.25) is 4.79 Å². The first-order valence-corrected chi connectivity index (χ1v) is 10.2. The molecule has 5 nitrogen and oxygen atoms in total. The molecule has 0 aliphatic heterocycles. The van der Waals surface area contributed by atoms with Gasteiger partial charge < -0.3 is 13.9 Å². The van der Waals surface area contributed by atoms with Gasteiger partial charge in [-0.1, -0.05) is 42.3 Å². The molecule has 0 fully saturated rings. The summed E-state index contributed by atoms with van der Waals surface area (Å²) in [6, 6.07) is 16.4. The zero-order chi connectivity index (χ0) is 22.0. The summed E-state index contributed by atoms with van der Waals surface area (Å²) in [5.74, 6) is 0.208. The maximum absolute atomic E-state index is 12.8. The van der Waals surface area contributed by atoms with Crippen molar-refractivity contribution in [1.82, 2.24) is 0 Å². The summed E-state index contributed by atoms with van der Waals surface area (Å²) in [6.07, 6.45) is 2.15. The summed E-state index contributed by atoms with van der Waals surface area (Å²) in [7, 11) is 0. The maximum Gasteiger partial charge on any atom is 0.343 e. The van der Waals surface area contributed by atoms with Gasteiger partial charge in [0.15, 0.2) is 0 Å². The van der Waals surface area contributed by atoms with E-state index in [0.717, 1.165) is 6.42 Å². The summed E-state index contributed by atoms with van der Waals surface area (Å²) < 4.78 is 16.6. The van der Waals surface area contributed by atoms with E-state index in [1.165, 1.54) is 48.2 Å². The second-order valence-electron chi connectivity index (χ2n) is 6.71. The van der Waals surface area contributed by atoms with Gasteiger partial charge in [-0.25, -0.2) is 4.79 Å². The van der Waals surface area contributed by atoms with Crippen LogP contribution in [0.5, 0.6) is 17.2 Å². The lowest BCUT2D eigenvalue weighted by molar-refractivity contribution is 0.0735. The van der Waals surface area contributed by atoms with Gasteiger partial charge in [0.2, 0.25) is 11.2 Å². The van der Waals surface area contributed by atoms with Crippen LogP contribution >= 0.6 is 23.2 Å². The monoisotopic (exact) mass is 454 g/mol. The lowest BCUT2D eigenvalue weighted by Crippen LogP contribution is -2.09. The zero-order valence-electron chi connectivity index (χ0n) is 16.4. The molecule has 0 saturated carbocycles. The molecule has 0 N–H and O–H groups in total. The van der Waals surface area contributed by atoms with Gasteiger partial charge in [-0.05, 0) is 54.4 Å². The van der Waals surface area contributed by atoms with Gasteiger partial charge in [-0.15, -0.1) is 0 Å². The first-order chi connectivity index (χ1) is 14.9. The minimum atomic E-state index is -0.615. The van der Waals surface area contributed by atoms with Gasteiger partial charge in [0.1, 0.15) is 23.3 Å². The Kier molecular flexibility index (Phi) is 5.98. The van der Waals surface area contributed by atoms with Crippen molar-refractivity contribution >= 4 is 40.1 Å². The normalized spacial score (nSPS) is 10.8. The summed E-state index contributed by atoms with van der Waals surface area (Å²) in [6.45, 7) is 2.06. The molecule has 31 heavy (non-hydrogen) atoms. The molecule has 4 aromatic rings. The third-order valence-corrected chi connectivity index (χ3v) is 5.38. The quantitative estimate of drug-likeness (QED) is 0.248. The van der Waals surface area contributed by atoms with E-state index in [1.54, 1.807) is 12.1 Å². The Morgan fingerprint density at radius 1 is 0.935 bits per heavy atom. The standard InChI is InChI=1S/C24H16Cl2O5/c1-2-14-3-6-16(7-4-14)30-22-13-29-21-12-17(8-9-18(21)23(22)27)31-24(28)15-5-10-19(25)20(26)11-15/h3-13H,2H2,1H3. The van der Waals surface area contributed by atoms with E-state index in [-0.39, 0.29) is 33.1 Å². The number of carbonyl (C=O) groups is 1. The molecule has 0 aliphatic rings. The fraction of sp³-hybridized carbons (Fsp3) is 0.0833. The van der Waals surface area contributed by atoms with Gasteiger partial charge in [0.05, 0.1) is 21.0 Å². The molecule has 1 heterocycles. The van der Waals surface area contributed by atoms with Gasteiger partial charge in [0.25, 0.3) is 0 Å². The topological polar surface area (TPSA) is 65.7 Å². The van der Waals surface area contributed by atoms with Crippen molar-refractivity contribution in [3.8, 4) is 17.2 Å². The minimum Gasteiger partial charge on any atom is -0.460 e. The SMILES string of the molecule is CCc1ccc(Oc2coc3cc(OC(=O)c4ccc(Cl)c(Cl)c4)ccc3c2=O)cc1. The second kappa shape index (κ2) is 8.84. The molecule has 156 valence electrons. The smallest absolute Gasteiger partial charge is 0.343 e. The Morgan fingerprint density at radius 2 is 1.68 bits per heavy atom. The summed E-state index contributed by atoms with van der Waals surface area (Å²) in [5.41, 5.74) is 1.34. The van der Waals surface area contributed by atoms with Crippen LogP contribution in [0.25, 0.3) is 11.0 Å². The number of carbonyl (C=O) groups excluding carboxylic acids is 1. The van der Waals surface area contributed by atoms with Crippen LogP contribution in [-0.4, -0.2) is 5.97 Å². The summed E-state index contributed by atoms with van der Waals surface area (Å²) in [4.78, 5) is 25.1. The molecular formula is C24H16Cl2O5. The Labute approximate surface area is 187 Å². The second-order valence-corrected chi connectivity index (χ2v) is 7.52. The number of halogens is 2. The van der Waals surface area contributed by atoms with Crippen molar-refractivity contribution in [2.24, 2.45) is 0 Å². The molecule has 0 radical (unpaired) electrons. The highest BCUT2D eigenvalue weighted by atomic mass is 35.5. The molecule has 0 amide bonds. The highest BCUT2D eigenvalue weighted by Gasteiger charge is 2.14. The number of ether oxygens (including phenoxy) is 2. The molecule has 1 aromatic heterocycles. The van der Waals surface area contributed by atoms with Crippen LogP contribution in [0.15, 0.2) is 76.1 Å². The van der Waals surface area contributed by atoms with E-state index in [9.17, 15) is 9.59 Å². The molecule has 3 aromatic carbocycles. The van der Waals surface area contributed by atoms with Crippen molar-refractivity contribution in [1.29, 1.82) is 0 Å². The van der Waals surface area contributed by atoms with Crippen LogP contribution in [0.1, 0.15) is 22.8 Å². The largest absolute Gasteiger partial charge is 0.460 e. The highest BCUT2D eigenvalue weighted by Crippen LogP contribution is 2.26.